The van der Waals surface area contributed by atoms with Gasteiger partial charge in [-0.1, -0.05) is 11.6 Å². The Labute approximate surface area is 123 Å². The molecule has 0 spiro atoms. The van der Waals surface area contributed by atoms with Crippen molar-refractivity contribution in [2.24, 2.45) is 0 Å². The van der Waals surface area contributed by atoms with Crippen molar-refractivity contribution < 1.29 is 4.74 Å². The van der Waals surface area contributed by atoms with Crippen LogP contribution in [0.15, 0.2) is 30.5 Å². The summed E-state index contributed by atoms with van der Waals surface area (Å²) in [5.74, 6) is 0. The molecule has 0 bridgehead atoms. The second kappa shape index (κ2) is 5.95. The Balaban J connectivity index is 1.85. The number of benzene rings is 1. The van der Waals surface area contributed by atoms with Crippen molar-refractivity contribution in [2.45, 2.75) is 6.10 Å². The van der Waals surface area contributed by atoms with Gasteiger partial charge in [0.25, 0.3) is 0 Å². The number of fused-ring (bicyclic) bond motifs is 1. The van der Waals surface area contributed by atoms with Gasteiger partial charge < -0.3 is 15.0 Å². The van der Waals surface area contributed by atoms with Crippen LogP contribution in [0.25, 0.3) is 10.9 Å². The summed E-state index contributed by atoms with van der Waals surface area (Å²) < 4.78 is 5.76. The highest BCUT2D eigenvalue weighted by Crippen LogP contribution is 2.26. The third-order valence-electron chi connectivity index (χ3n) is 3.57. The average molecular weight is 292 g/mol. The van der Waals surface area contributed by atoms with Crippen molar-refractivity contribution in [3.63, 3.8) is 0 Å². The Hall–Kier alpha value is -1.36. The smallest absolute Gasteiger partial charge is 0.0874 e. The number of halogens is 1. The topological polar surface area (TPSA) is 37.4 Å². The molecular weight excluding hydrogens is 274 g/mol. The van der Waals surface area contributed by atoms with E-state index in [2.05, 4.69) is 22.2 Å². The molecule has 1 aliphatic rings. The Morgan fingerprint density at radius 1 is 1.45 bits per heavy atom. The molecule has 1 unspecified atom stereocenters. The van der Waals surface area contributed by atoms with Crippen molar-refractivity contribution >= 4 is 28.2 Å². The predicted molar refractivity (Wildman–Crippen MR) is 82.6 cm³/mol. The molecule has 106 valence electrons. The van der Waals surface area contributed by atoms with Crippen LogP contribution >= 0.6 is 11.6 Å². The molecule has 0 amide bonds. The van der Waals surface area contributed by atoms with Crippen LogP contribution in [-0.4, -0.2) is 44.4 Å². The third kappa shape index (κ3) is 2.87. The van der Waals surface area contributed by atoms with E-state index in [1.54, 1.807) is 0 Å². The monoisotopic (exact) mass is 291 g/mol. The normalized spacial score (nSPS) is 19.2. The van der Waals surface area contributed by atoms with E-state index in [-0.39, 0.29) is 6.10 Å². The molecular formula is C15H18ClN3O. The van der Waals surface area contributed by atoms with Gasteiger partial charge in [0.15, 0.2) is 0 Å². The van der Waals surface area contributed by atoms with Gasteiger partial charge in [0.1, 0.15) is 0 Å². The summed E-state index contributed by atoms with van der Waals surface area (Å²) in [6.07, 6.45) is 2.05. The number of aromatic nitrogens is 1. The van der Waals surface area contributed by atoms with Gasteiger partial charge in [-0.2, -0.15) is 0 Å². The quantitative estimate of drug-likeness (QED) is 0.942. The number of ether oxygens (including phenoxy) is 1. The van der Waals surface area contributed by atoms with Crippen LogP contribution in [0.1, 0.15) is 0 Å². The van der Waals surface area contributed by atoms with Crippen LogP contribution in [0.2, 0.25) is 5.02 Å². The molecule has 1 saturated heterocycles. The molecule has 3 rings (SSSR count). The molecule has 1 N–H and O–H groups in total. The molecule has 1 aliphatic heterocycles. The lowest BCUT2D eigenvalue weighted by Gasteiger charge is -2.29. The molecule has 1 aromatic carbocycles. The van der Waals surface area contributed by atoms with E-state index >= 15 is 0 Å². The van der Waals surface area contributed by atoms with Gasteiger partial charge in [-0.25, -0.2) is 0 Å². The molecule has 1 fully saturated rings. The van der Waals surface area contributed by atoms with Crippen LogP contribution in [0, 0.1) is 0 Å². The third-order valence-corrected chi connectivity index (χ3v) is 3.81. The van der Waals surface area contributed by atoms with Crippen molar-refractivity contribution in [3.8, 4) is 0 Å². The maximum Gasteiger partial charge on any atom is 0.0874 e. The number of morpholine rings is 1. The first-order chi connectivity index (χ1) is 9.74. The number of likely N-dealkylation sites (N-methyl/N-ethyl adjacent to an activating group) is 1. The van der Waals surface area contributed by atoms with E-state index in [0.29, 0.717) is 5.02 Å². The number of hydrogen-bond donors (Lipinski definition) is 1. The standard InChI is InChI=1S/C15H18ClN3O/c1-19(10-12-9-17-6-7-20-12)15-4-5-18-14-8-11(16)2-3-13(14)15/h2-5,8,12,17H,6-7,9-10H2,1H3. The SMILES string of the molecule is CN(CC1CNCCO1)c1ccnc2cc(Cl)ccc12. The van der Waals surface area contributed by atoms with Gasteiger partial charge in [0, 0.05) is 49.0 Å². The summed E-state index contributed by atoms with van der Waals surface area (Å²) in [6.45, 7) is 3.48. The zero-order chi connectivity index (χ0) is 13.9. The van der Waals surface area contributed by atoms with E-state index in [0.717, 1.165) is 42.8 Å². The fourth-order valence-electron chi connectivity index (χ4n) is 2.58. The summed E-state index contributed by atoms with van der Waals surface area (Å²) in [4.78, 5) is 6.60. The molecule has 5 heteroatoms. The van der Waals surface area contributed by atoms with Crippen molar-refractivity contribution in [3.05, 3.63) is 35.5 Å². The van der Waals surface area contributed by atoms with Gasteiger partial charge in [-0.3, -0.25) is 4.98 Å². The number of anilines is 1. The lowest BCUT2D eigenvalue weighted by molar-refractivity contribution is 0.0340. The summed E-state index contributed by atoms with van der Waals surface area (Å²) in [5.41, 5.74) is 2.07. The van der Waals surface area contributed by atoms with Crippen LogP contribution in [0.4, 0.5) is 5.69 Å². The lowest BCUT2D eigenvalue weighted by Crippen LogP contribution is -2.44. The molecule has 2 heterocycles. The zero-order valence-electron chi connectivity index (χ0n) is 11.5. The number of pyridine rings is 1. The molecule has 0 aliphatic carbocycles. The van der Waals surface area contributed by atoms with Gasteiger partial charge >= 0.3 is 0 Å². The minimum absolute atomic E-state index is 0.226. The molecule has 1 atom stereocenters. The van der Waals surface area contributed by atoms with E-state index in [9.17, 15) is 0 Å². The van der Waals surface area contributed by atoms with Crippen molar-refractivity contribution in [1.82, 2.24) is 10.3 Å². The Bertz CT molecular complexity index is 599. The van der Waals surface area contributed by atoms with E-state index in [1.165, 1.54) is 0 Å². The fraction of sp³-hybridized carbons (Fsp3) is 0.400. The first-order valence-corrected chi connectivity index (χ1v) is 7.19. The van der Waals surface area contributed by atoms with E-state index < -0.39 is 0 Å². The minimum Gasteiger partial charge on any atom is -0.374 e. The Morgan fingerprint density at radius 2 is 2.35 bits per heavy atom. The number of rotatable bonds is 3. The van der Waals surface area contributed by atoms with Crippen LogP contribution in [0.5, 0.6) is 0 Å². The molecule has 20 heavy (non-hydrogen) atoms. The molecule has 4 nitrogen and oxygen atoms in total. The van der Waals surface area contributed by atoms with Crippen LogP contribution in [-0.2, 0) is 4.74 Å². The van der Waals surface area contributed by atoms with Crippen molar-refractivity contribution in [2.75, 3.05) is 38.2 Å². The van der Waals surface area contributed by atoms with Gasteiger partial charge in [0.2, 0.25) is 0 Å². The Morgan fingerprint density at radius 3 is 3.15 bits per heavy atom. The Kier molecular flexibility index (Phi) is 4.05. The number of nitrogens with zero attached hydrogens (tertiary/aromatic N) is 2. The van der Waals surface area contributed by atoms with Crippen LogP contribution < -0.4 is 10.2 Å². The highest BCUT2D eigenvalue weighted by atomic mass is 35.5. The lowest BCUT2D eigenvalue weighted by atomic mass is 10.1. The van der Waals surface area contributed by atoms with E-state index in [1.807, 2.05) is 30.5 Å². The van der Waals surface area contributed by atoms with Gasteiger partial charge in [0.05, 0.1) is 18.2 Å². The predicted octanol–water partition coefficient (Wildman–Crippen LogP) is 2.31. The largest absolute Gasteiger partial charge is 0.374 e. The summed E-state index contributed by atoms with van der Waals surface area (Å²) in [5, 5.41) is 5.18. The first kappa shape index (κ1) is 13.6. The fourth-order valence-corrected chi connectivity index (χ4v) is 2.75. The number of nitrogens with one attached hydrogen (secondary N) is 1. The second-order valence-corrected chi connectivity index (χ2v) is 5.51. The summed E-state index contributed by atoms with van der Waals surface area (Å²) in [6, 6.07) is 7.86. The summed E-state index contributed by atoms with van der Waals surface area (Å²) >= 11 is 6.02. The van der Waals surface area contributed by atoms with Gasteiger partial charge in [-0.05, 0) is 24.3 Å². The van der Waals surface area contributed by atoms with Crippen LogP contribution in [0.3, 0.4) is 0 Å². The molecule has 0 saturated carbocycles. The number of hydrogen-bond acceptors (Lipinski definition) is 4. The molecule has 0 radical (unpaired) electrons. The minimum atomic E-state index is 0.226. The molecule has 2 aromatic rings. The van der Waals surface area contributed by atoms with Gasteiger partial charge in [-0.15, -0.1) is 0 Å². The average Bonchev–Trinajstić information content (AvgIpc) is 2.47. The van der Waals surface area contributed by atoms with E-state index in [4.69, 9.17) is 16.3 Å². The first-order valence-electron chi connectivity index (χ1n) is 6.82. The maximum atomic E-state index is 6.02. The molecule has 1 aromatic heterocycles. The second-order valence-electron chi connectivity index (χ2n) is 5.07. The maximum absolute atomic E-state index is 6.02. The van der Waals surface area contributed by atoms with Crippen molar-refractivity contribution in [1.29, 1.82) is 0 Å². The highest BCUT2D eigenvalue weighted by molar-refractivity contribution is 6.31. The zero-order valence-corrected chi connectivity index (χ0v) is 12.2. The summed E-state index contributed by atoms with van der Waals surface area (Å²) in [7, 11) is 2.08. The highest BCUT2D eigenvalue weighted by Gasteiger charge is 2.17.